The fourth-order valence-electron chi connectivity index (χ4n) is 2.37. The molecule has 0 aliphatic rings. The van der Waals surface area contributed by atoms with E-state index < -0.39 is 10.7 Å². The van der Waals surface area contributed by atoms with Gasteiger partial charge in [-0.05, 0) is 42.0 Å². The van der Waals surface area contributed by atoms with E-state index in [2.05, 4.69) is 0 Å². The SMILES string of the molecule is O=C(/C=C/c1ccc(Oc2ccc(F)cc2)c([N+](=O)[O-])c1)c1ccccc1. The molecule has 134 valence electrons. The number of carbonyl (C=O) groups is 1. The van der Waals surface area contributed by atoms with Crippen LogP contribution in [0.25, 0.3) is 6.08 Å². The summed E-state index contributed by atoms with van der Waals surface area (Å²) >= 11 is 0. The lowest BCUT2D eigenvalue weighted by atomic mass is 10.1. The van der Waals surface area contributed by atoms with Crippen molar-refractivity contribution in [3.05, 3.63) is 106 Å². The third kappa shape index (κ3) is 4.64. The summed E-state index contributed by atoms with van der Waals surface area (Å²) in [7, 11) is 0. The number of benzene rings is 3. The standard InChI is InChI=1S/C21H14FNO4/c22-17-8-10-18(11-9-17)27-21-13-7-15(14-19(21)23(25)26)6-12-20(24)16-4-2-1-3-5-16/h1-14H/b12-6+. The quantitative estimate of drug-likeness (QED) is 0.254. The normalized spacial score (nSPS) is 10.7. The number of carbonyl (C=O) groups excluding carboxylic acids is 1. The number of halogens is 1. The second-order valence-electron chi connectivity index (χ2n) is 5.60. The molecule has 5 nitrogen and oxygen atoms in total. The molecule has 0 saturated carbocycles. The fraction of sp³-hybridized carbons (Fsp3) is 0. The van der Waals surface area contributed by atoms with E-state index >= 15 is 0 Å². The summed E-state index contributed by atoms with van der Waals surface area (Å²) in [6.07, 6.45) is 2.86. The summed E-state index contributed by atoms with van der Waals surface area (Å²) in [5, 5.41) is 11.4. The van der Waals surface area contributed by atoms with Gasteiger partial charge in [-0.2, -0.15) is 0 Å². The number of nitro groups is 1. The molecule has 0 aliphatic carbocycles. The molecule has 0 atom stereocenters. The number of nitrogens with zero attached hydrogens (tertiary/aromatic N) is 1. The molecule has 0 aliphatic heterocycles. The van der Waals surface area contributed by atoms with Crippen LogP contribution in [0.1, 0.15) is 15.9 Å². The van der Waals surface area contributed by atoms with Gasteiger partial charge in [0.25, 0.3) is 0 Å². The predicted octanol–water partition coefficient (Wildman–Crippen LogP) is 5.42. The average Bonchev–Trinajstić information content (AvgIpc) is 2.69. The zero-order valence-corrected chi connectivity index (χ0v) is 14.0. The second kappa shape index (κ2) is 8.05. The maximum Gasteiger partial charge on any atom is 0.312 e. The number of hydrogen-bond acceptors (Lipinski definition) is 4. The van der Waals surface area contributed by atoms with Gasteiger partial charge in [-0.15, -0.1) is 0 Å². The lowest BCUT2D eigenvalue weighted by Crippen LogP contribution is -1.95. The minimum Gasteiger partial charge on any atom is -0.450 e. The molecular weight excluding hydrogens is 349 g/mol. The van der Waals surface area contributed by atoms with Gasteiger partial charge in [0.15, 0.2) is 5.78 Å². The van der Waals surface area contributed by atoms with Crippen LogP contribution in [0, 0.1) is 15.9 Å². The van der Waals surface area contributed by atoms with E-state index in [1.807, 2.05) is 6.07 Å². The summed E-state index contributed by atoms with van der Waals surface area (Å²) in [6.45, 7) is 0. The number of allylic oxidation sites excluding steroid dienone is 1. The summed E-state index contributed by atoms with van der Waals surface area (Å²) in [5.41, 5.74) is 0.755. The molecule has 3 aromatic rings. The highest BCUT2D eigenvalue weighted by Gasteiger charge is 2.16. The first kappa shape index (κ1) is 18.0. The molecule has 0 heterocycles. The minimum atomic E-state index is -0.574. The topological polar surface area (TPSA) is 69.4 Å². The van der Waals surface area contributed by atoms with Gasteiger partial charge in [0.05, 0.1) is 4.92 Å². The van der Waals surface area contributed by atoms with E-state index in [0.717, 1.165) is 0 Å². The van der Waals surface area contributed by atoms with Crippen LogP contribution in [0.4, 0.5) is 10.1 Å². The first-order chi connectivity index (χ1) is 13.0. The lowest BCUT2D eigenvalue weighted by Gasteiger charge is -2.07. The molecule has 6 heteroatoms. The third-order valence-corrected chi connectivity index (χ3v) is 3.71. The number of ether oxygens (including phenoxy) is 1. The van der Waals surface area contributed by atoms with E-state index in [0.29, 0.717) is 11.1 Å². The van der Waals surface area contributed by atoms with Crippen LogP contribution in [0.2, 0.25) is 0 Å². The van der Waals surface area contributed by atoms with E-state index in [9.17, 15) is 19.3 Å². The minimum absolute atomic E-state index is 0.0261. The number of ketones is 1. The first-order valence-corrected chi connectivity index (χ1v) is 8.02. The molecule has 0 spiro atoms. The monoisotopic (exact) mass is 363 g/mol. The van der Waals surface area contributed by atoms with Crippen LogP contribution < -0.4 is 4.74 Å². The molecule has 0 aromatic heterocycles. The Morgan fingerprint density at radius 1 is 1.00 bits per heavy atom. The molecule has 0 amide bonds. The van der Waals surface area contributed by atoms with E-state index in [1.54, 1.807) is 30.3 Å². The number of rotatable bonds is 6. The van der Waals surface area contributed by atoms with Crippen molar-refractivity contribution >= 4 is 17.5 Å². The van der Waals surface area contributed by atoms with Crippen LogP contribution in [-0.2, 0) is 0 Å². The Kier molecular flexibility index (Phi) is 5.37. The summed E-state index contributed by atoms with van der Waals surface area (Å²) in [6, 6.07) is 18.2. The zero-order valence-electron chi connectivity index (χ0n) is 14.0. The Labute approximate surface area is 154 Å². The maximum atomic E-state index is 13.0. The molecule has 0 unspecified atom stereocenters. The Balaban J connectivity index is 1.83. The van der Waals surface area contributed by atoms with Gasteiger partial charge in [-0.3, -0.25) is 14.9 Å². The van der Waals surface area contributed by atoms with Crippen molar-refractivity contribution in [1.82, 2.24) is 0 Å². The van der Waals surface area contributed by atoms with Crippen molar-refractivity contribution in [2.24, 2.45) is 0 Å². The zero-order chi connectivity index (χ0) is 19.2. The van der Waals surface area contributed by atoms with E-state index in [1.165, 1.54) is 48.6 Å². The van der Waals surface area contributed by atoms with Crippen LogP contribution in [0.5, 0.6) is 11.5 Å². The van der Waals surface area contributed by atoms with Crippen molar-refractivity contribution in [3.63, 3.8) is 0 Å². The fourth-order valence-corrected chi connectivity index (χ4v) is 2.37. The average molecular weight is 363 g/mol. The highest BCUT2D eigenvalue weighted by Crippen LogP contribution is 2.32. The van der Waals surface area contributed by atoms with Crippen molar-refractivity contribution in [1.29, 1.82) is 0 Å². The predicted molar refractivity (Wildman–Crippen MR) is 99.4 cm³/mol. The molecule has 0 radical (unpaired) electrons. The van der Waals surface area contributed by atoms with Gasteiger partial charge >= 0.3 is 5.69 Å². The maximum absolute atomic E-state index is 13.0. The highest BCUT2D eigenvalue weighted by atomic mass is 19.1. The van der Waals surface area contributed by atoms with Gasteiger partial charge in [0.2, 0.25) is 5.75 Å². The summed E-state index contributed by atoms with van der Waals surface area (Å²) < 4.78 is 18.4. The van der Waals surface area contributed by atoms with Crippen molar-refractivity contribution < 1.29 is 18.8 Å². The number of hydrogen-bond donors (Lipinski definition) is 0. The van der Waals surface area contributed by atoms with E-state index in [-0.39, 0.29) is 23.0 Å². The Bertz CT molecular complexity index is 998. The van der Waals surface area contributed by atoms with Crippen LogP contribution in [0.15, 0.2) is 78.9 Å². The molecule has 27 heavy (non-hydrogen) atoms. The first-order valence-electron chi connectivity index (χ1n) is 8.02. The Morgan fingerprint density at radius 2 is 1.70 bits per heavy atom. The van der Waals surface area contributed by atoms with Gasteiger partial charge in [-0.25, -0.2) is 4.39 Å². The largest absolute Gasteiger partial charge is 0.450 e. The smallest absolute Gasteiger partial charge is 0.312 e. The second-order valence-corrected chi connectivity index (χ2v) is 5.60. The molecule has 0 saturated heterocycles. The van der Waals surface area contributed by atoms with Crippen molar-refractivity contribution in [2.75, 3.05) is 0 Å². The van der Waals surface area contributed by atoms with Crippen molar-refractivity contribution in [3.8, 4) is 11.5 Å². The van der Waals surface area contributed by atoms with E-state index in [4.69, 9.17) is 4.74 Å². The summed E-state index contributed by atoms with van der Waals surface area (Å²) in [5.74, 6) is -0.328. The van der Waals surface area contributed by atoms with Crippen LogP contribution in [-0.4, -0.2) is 10.7 Å². The van der Waals surface area contributed by atoms with Crippen LogP contribution >= 0.6 is 0 Å². The van der Waals surface area contributed by atoms with Crippen LogP contribution in [0.3, 0.4) is 0 Å². The third-order valence-electron chi connectivity index (χ3n) is 3.71. The van der Waals surface area contributed by atoms with Gasteiger partial charge < -0.3 is 4.74 Å². The Hall–Kier alpha value is -3.80. The molecular formula is C21H14FNO4. The molecule has 3 rings (SSSR count). The van der Waals surface area contributed by atoms with Gasteiger partial charge in [-0.1, -0.05) is 42.5 Å². The molecule has 0 fully saturated rings. The molecule has 0 bridgehead atoms. The number of nitro benzene ring substituents is 1. The molecule has 0 N–H and O–H groups in total. The van der Waals surface area contributed by atoms with Gasteiger partial charge in [0.1, 0.15) is 11.6 Å². The molecule has 3 aromatic carbocycles. The summed E-state index contributed by atoms with van der Waals surface area (Å²) in [4.78, 5) is 22.9. The van der Waals surface area contributed by atoms with Crippen molar-refractivity contribution in [2.45, 2.75) is 0 Å². The Morgan fingerprint density at radius 3 is 2.37 bits per heavy atom. The van der Waals surface area contributed by atoms with Gasteiger partial charge in [0, 0.05) is 11.6 Å². The highest BCUT2D eigenvalue weighted by molar-refractivity contribution is 6.06. The lowest BCUT2D eigenvalue weighted by molar-refractivity contribution is -0.385.